The zero-order chi connectivity index (χ0) is 14.8. The molecule has 0 unspecified atom stereocenters. The van der Waals surface area contributed by atoms with Crippen LogP contribution in [-0.2, 0) is 0 Å². The minimum Gasteiger partial charge on any atom is -0.497 e. The van der Waals surface area contributed by atoms with Crippen LogP contribution in [0.1, 0.15) is 17.0 Å². The van der Waals surface area contributed by atoms with Crippen molar-refractivity contribution in [3.05, 3.63) is 71.1 Å². The van der Waals surface area contributed by atoms with Crippen LogP contribution in [0.25, 0.3) is 0 Å². The molecule has 0 bridgehead atoms. The first-order valence-electron chi connectivity index (χ1n) is 6.55. The van der Waals surface area contributed by atoms with Gasteiger partial charge in [-0.25, -0.2) is 0 Å². The van der Waals surface area contributed by atoms with E-state index < -0.39 is 0 Å². The van der Waals surface area contributed by atoms with Crippen molar-refractivity contribution in [3.63, 3.8) is 0 Å². The lowest BCUT2D eigenvalue weighted by atomic mass is 9.83. The number of hydrogen-bond donors (Lipinski definition) is 1. The lowest BCUT2D eigenvalue weighted by Gasteiger charge is -2.26. The molecule has 1 aliphatic heterocycles. The summed E-state index contributed by atoms with van der Waals surface area (Å²) in [7, 11) is 1.62. The van der Waals surface area contributed by atoms with E-state index in [9.17, 15) is 5.26 Å². The number of ether oxygens (including phenoxy) is 2. The number of fused-ring (bicyclic) bond motifs is 1. The summed E-state index contributed by atoms with van der Waals surface area (Å²) in [6.07, 6.45) is 0. The van der Waals surface area contributed by atoms with Crippen molar-refractivity contribution < 1.29 is 9.47 Å². The number of nitriles is 1. The highest BCUT2D eigenvalue weighted by Gasteiger charge is 2.30. The van der Waals surface area contributed by atoms with E-state index in [-0.39, 0.29) is 11.8 Å². The first kappa shape index (κ1) is 13.1. The third-order valence-electron chi connectivity index (χ3n) is 3.57. The lowest BCUT2D eigenvalue weighted by molar-refractivity contribution is 0.393. The van der Waals surface area contributed by atoms with Gasteiger partial charge in [0.2, 0.25) is 5.88 Å². The molecule has 2 aromatic carbocycles. The molecule has 0 radical (unpaired) electrons. The van der Waals surface area contributed by atoms with E-state index in [2.05, 4.69) is 6.07 Å². The summed E-state index contributed by atoms with van der Waals surface area (Å²) in [5.41, 5.74) is 8.24. The van der Waals surface area contributed by atoms with Crippen LogP contribution in [-0.4, -0.2) is 7.11 Å². The normalized spacial score (nSPS) is 16.7. The molecule has 21 heavy (non-hydrogen) atoms. The SMILES string of the molecule is COc1ccc([C@@H]2C(C#N)=C(N)Oc3ccccc32)cc1. The van der Waals surface area contributed by atoms with Gasteiger partial charge in [0.05, 0.1) is 13.0 Å². The highest BCUT2D eigenvalue weighted by Crippen LogP contribution is 2.41. The fourth-order valence-electron chi connectivity index (χ4n) is 2.55. The average molecular weight is 278 g/mol. The van der Waals surface area contributed by atoms with Crippen molar-refractivity contribution in [2.75, 3.05) is 7.11 Å². The highest BCUT2D eigenvalue weighted by molar-refractivity contribution is 5.55. The van der Waals surface area contributed by atoms with E-state index in [1.54, 1.807) is 7.11 Å². The fraction of sp³-hybridized carbons (Fsp3) is 0.118. The van der Waals surface area contributed by atoms with Crippen LogP contribution in [0.3, 0.4) is 0 Å². The Hall–Kier alpha value is -2.93. The number of allylic oxidation sites excluding steroid dienone is 1. The maximum Gasteiger partial charge on any atom is 0.205 e. The quantitative estimate of drug-likeness (QED) is 0.917. The van der Waals surface area contributed by atoms with Crippen LogP contribution in [0, 0.1) is 11.3 Å². The molecule has 2 N–H and O–H groups in total. The van der Waals surface area contributed by atoms with Gasteiger partial charge < -0.3 is 15.2 Å². The molecule has 0 saturated carbocycles. The van der Waals surface area contributed by atoms with Gasteiger partial charge in [-0.1, -0.05) is 30.3 Å². The maximum absolute atomic E-state index is 9.43. The van der Waals surface area contributed by atoms with Crippen molar-refractivity contribution in [1.82, 2.24) is 0 Å². The average Bonchev–Trinajstić information content (AvgIpc) is 2.53. The Kier molecular flexibility index (Phi) is 3.25. The van der Waals surface area contributed by atoms with Gasteiger partial charge in [-0.15, -0.1) is 0 Å². The van der Waals surface area contributed by atoms with Gasteiger partial charge in [-0.2, -0.15) is 5.26 Å². The summed E-state index contributed by atoms with van der Waals surface area (Å²) >= 11 is 0. The Morgan fingerprint density at radius 2 is 1.86 bits per heavy atom. The third kappa shape index (κ3) is 2.19. The van der Waals surface area contributed by atoms with Crippen LogP contribution in [0.2, 0.25) is 0 Å². The zero-order valence-corrected chi connectivity index (χ0v) is 11.5. The molecule has 4 heteroatoms. The molecule has 104 valence electrons. The molecule has 2 aromatic rings. The van der Waals surface area contributed by atoms with E-state index in [1.807, 2.05) is 48.5 Å². The Labute approximate surface area is 123 Å². The monoisotopic (exact) mass is 278 g/mol. The summed E-state index contributed by atoms with van der Waals surface area (Å²) in [4.78, 5) is 0. The molecule has 1 atom stereocenters. The van der Waals surface area contributed by atoms with Gasteiger partial charge in [0.25, 0.3) is 0 Å². The number of nitrogens with two attached hydrogens (primary N) is 1. The summed E-state index contributed by atoms with van der Waals surface area (Å²) in [6.45, 7) is 0. The predicted molar refractivity (Wildman–Crippen MR) is 78.7 cm³/mol. The third-order valence-corrected chi connectivity index (χ3v) is 3.57. The second kappa shape index (κ2) is 5.22. The molecule has 0 aliphatic carbocycles. The minimum atomic E-state index is -0.217. The molecule has 0 aromatic heterocycles. The van der Waals surface area contributed by atoms with Crippen molar-refractivity contribution >= 4 is 0 Å². The van der Waals surface area contributed by atoms with E-state index >= 15 is 0 Å². The number of methoxy groups -OCH3 is 1. The lowest BCUT2D eigenvalue weighted by Crippen LogP contribution is -2.20. The number of hydrogen-bond acceptors (Lipinski definition) is 4. The van der Waals surface area contributed by atoms with Crippen LogP contribution in [0.5, 0.6) is 11.5 Å². The summed E-state index contributed by atoms with van der Waals surface area (Å²) in [5, 5.41) is 9.43. The van der Waals surface area contributed by atoms with Crippen LogP contribution >= 0.6 is 0 Å². The number of rotatable bonds is 2. The molecule has 0 amide bonds. The molecule has 3 rings (SSSR count). The van der Waals surface area contributed by atoms with Gasteiger partial charge >= 0.3 is 0 Å². The van der Waals surface area contributed by atoms with Crippen molar-refractivity contribution in [2.45, 2.75) is 5.92 Å². The molecule has 0 spiro atoms. The second-order valence-electron chi connectivity index (χ2n) is 4.74. The van der Waals surface area contributed by atoms with E-state index in [0.29, 0.717) is 11.3 Å². The van der Waals surface area contributed by atoms with Gasteiger partial charge in [0.15, 0.2) is 0 Å². The van der Waals surface area contributed by atoms with Gasteiger partial charge in [-0.05, 0) is 23.8 Å². The molecular weight excluding hydrogens is 264 g/mol. The Balaban J connectivity index is 2.15. The minimum absolute atomic E-state index is 0.164. The summed E-state index contributed by atoms with van der Waals surface area (Å²) in [5.74, 6) is 1.41. The van der Waals surface area contributed by atoms with Gasteiger partial charge in [-0.3, -0.25) is 0 Å². The standard InChI is InChI=1S/C17H14N2O2/c1-20-12-8-6-11(7-9-12)16-13-4-2-3-5-15(13)21-17(19)14(16)10-18/h2-9,16H,19H2,1H3/t16-/m0/s1. The Morgan fingerprint density at radius 3 is 2.52 bits per heavy atom. The summed E-state index contributed by atoms with van der Waals surface area (Å²) < 4.78 is 10.7. The first-order valence-corrected chi connectivity index (χ1v) is 6.55. The molecule has 1 aliphatic rings. The molecule has 0 saturated heterocycles. The van der Waals surface area contributed by atoms with E-state index in [4.69, 9.17) is 15.2 Å². The highest BCUT2D eigenvalue weighted by atomic mass is 16.5. The fourth-order valence-corrected chi connectivity index (χ4v) is 2.55. The molecule has 4 nitrogen and oxygen atoms in total. The van der Waals surface area contributed by atoms with Crippen LogP contribution < -0.4 is 15.2 Å². The van der Waals surface area contributed by atoms with Crippen molar-refractivity contribution in [2.24, 2.45) is 5.73 Å². The van der Waals surface area contributed by atoms with Crippen LogP contribution in [0.4, 0.5) is 0 Å². The molecular formula is C17H14N2O2. The van der Waals surface area contributed by atoms with E-state index in [0.717, 1.165) is 16.9 Å². The van der Waals surface area contributed by atoms with Crippen LogP contribution in [0.15, 0.2) is 60.0 Å². The van der Waals surface area contributed by atoms with Gasteiger partial charge in [0.1, 0.15) is 23.1 Å². The number of para-hydroxylation sites is 1. The van der Waals surface area contributed by atoms with Gasteiger partial charge in [0, 0.05) is 5.56 Å². The first-order chi connectivity index (χ1) is 10.2. The smallest absolute Gasteiger partial charge is 0.205 e. The molecule has 0 fully saturated rings. The maximum atomic E-state index is 9.43. The second-order valence-corrected chi connectivity index (χ2v) is 4.74. The van der Waals surface area contributed by atoms with Crippen molar-refractivity contribution in [3.8, 4) is 17.6 Å². The Bertz CT molecular complexity index is 742. The predicted octanol–water partition coefficient (Wildman–Crippen LogP) is 2.91. The largest absolute Gasteiger partial charge is 0.497 e. The Morgan fingerprint density at radius 1 is 1.14 bits per heavy atom. The zero-order valence-electron chi connectivity index (χ0n) is 11.5. The number of nitrogens with zero attached hydrogens (tertiary/aromatic N) is 1. The van der Waals surface area contributed by atoms with Crippen molar-refractivity contribution in [1.29, 1.82) is 5.26 Å². The summed E-state index contributed by atoms with van der Waals surface area (Å²) in [6, 6.07) is 17.4. The topological polar surface area (TPSA) is 68.3 Å². The number of benzene rings is 2. The molecule has 1 heterocycles. The van der Waals surface area contributed by atoms with E-state index in [1.165, 1.54) is 0 Å².